The third-order valence-electron chi connectivity index (χ3n) is 3.84. The maximum atomic E-state index is 12.9. The van der Waals surface area contributed by atoms with Gasteiger partial charge in [0, 0.05) is 25.9 Å². The Bertz CT molecular complexity index is 963. The van der Waals surface area contributed by atoms with Crippen LogP contribution in [0.15, 0.2) is 48.5 Å². The van der Waals surface area contributed by atoms with Gasteiger partial charge in [0.25, 0.3) is 0 Å². The van der Waals surface area contributed by atoms with Crippen LogP contribution in [-0.2, 0) is 27.6 Å². The molecule has 0 aliphatic carbocycles. The fourth-order valence-electron chi connectivity index (χ4n) is 2.48. The van der Waals surface area contributed by atoms with Gasteiger partial charge in [-0.25, -0.2) is 4.79 Å². The Morgan fingerprint density at radius 2 is 1.80 bits per heavy atom. The van der Waals surface area contributed by atoms with Gasteiger partial charge in [-0.1, -0.05) is 18.2 Å². The van der Waals surface area contributed by atoms with Crippen LogP contribution < -0.4 is 9.50 Å². The number of nitrogens with one attached hydrogen (secondary N) is 1. The number of hydrogen-bond acceptors (Lipinski definition) is 5. The van der Waals surface area contributed by atoms with Crippen molar-refractivity contribution in [1.82, 2.24) is 4.90 Å². The van der Waals surface area contributed by atoms with Gasteiger partial charge in [-0.3, -0.25) is 0 Å². The Kier molecular flexibility index (Phi) is 7.68. The van der Waals surface area contributed by atoms with E-state index in [9.17, 15) is 26.4 Å². The zero-order valence-corrected chi connectivity index (χ0v) is 17.1. The van der Waals surface area contributed by atoms with Crippen LogP contribution in [-0.4, -0.2) is 45.9 Å². The van der Waals surface area contributed by atoms with E-state index in [1.165, 1.54) is 36.3 Å². The van der Waals surface area contributed by atoms with Crippen molar-refractivity contribution in [2.24, 2.45) is 0 Å². The molecule has 11 heteroatoms. The van der Waals surface area contributed by atoms with Gasteiger partial charge < -0.3 is 19.1 Å². The van der Waals surface area contributed by atoms with Gasteiger partial charge in [-0.15, -0.1) is 0 Å². The van der Waals surface area contributed by atoms with Gasteiger partial charge in [0.2, 0.25) is 0 Å². The van der Waals surface area contributed by atoms with Gasteiger partial charge >= 0.3 is 22.3 Å². The van der Waals surface area contributed by atoms with Crippen molar-refractivity contribution in [2.45, 2.75) is 12.7 Å². The molecule has 0 unspecified atom stereocenters. The summed E-state index contributed by atoms with van der Waals surface area (Å²) in [4.78, 5) is 14.0. The van der Waals surface area contributed by atoms with E-state index in [-0.39, 0.29) is 31.1 Å². The highest BCUT2D eigenvalue weighted by Gasteiger charge is 2.30. The number of carbonyl (C=O) groups excluding carboxylic acids is 1. The second-order valence-corrected chi connectivity index (χ2v) is 7.93. The molecule has 1 N–H and O–H groups in total. The smallest absolute Gasteiger partial charge is 0.383 e. The Hall–Kier alpha value is -2.79. The molecule has 164 valence electrons. The van der Waals surface area contributed by atoms with Gasteiger partial charge in [0.1, 0.15) is 5.75 Å². The standard InChI is InChI=1S/C19H21F3N2O5S/c1-28-11-10-24(13-14-6-8-17(9-7-14)29-30(2,26)27)18(25)23-16-5-3-4-15(12-16)19(20,21)22/h3-9,12H,10-11,13H2,1-2H3,(H,23,25). The SMILES string of the molecule is COCCN(Cc1ccc(OS(C)(=O)=O)cc1)C(=O)Nc1cccc(C(F)(F)F)c1. The first-order chi connectivity index (χ1) is 14.0. The van der Waals surface area contributed by atoms with Crippen molar-refractivity contribution in [2.75, 3.05) is 31.8 Å². The minimum absolute atomic E-state index is 0.00846. The molecule has 0 saturated carbocycles. The normalized spacial score (nSPS) is 11.8. The summed E-state index contributed by atoms with van der Waals surface area (Å²) in [6.45, 7) is 0.515. The Balaban J connectivity index is 2.12. The summed E-state index contributed by atoms with van der Waals surface area (Å²) in [5.41, 5.74) is -0.203. The second-order valence-electron chi connectivity index (χ2n) is 6.35. The summed E-state index contributed by atoms with van der Waals surface area (Å²) >= 11 is 0. The Labute approximate surface area is 172 Å². The van der Waals surface area contributed by atoms with Gasteiger partial charge in [-0.2, -0.15) is 21.6 Å². The van der Waals surface area contributed by atoms with Crippen molar-refractivity contribution in [3.63, 3.8) is 0 Å². The van der Waals surface area contributed by atoms with Crippen molar-refractivity contribution >= 4 is 21.8 Å². The molecular formula is C19H21F3N2O5S. The van der Waals surface area contributed by atoms with Crippen LogP contribution in [0.1, 0.15) is 11.1 Å². The summed E-state index contributed by atoms with van der Waals surface area (Å²) in [5.74, 6) is 0.123. The van der Waals surface area contributed by atoms with E-state index in [1.54, 1.807) is 12.1 Å². The Morgan fingerprint density at radius 1 is 1.13 bits per heavy atom. The van der Waals surface area contributed by atoms with Crippen LogP contribution >= 0.6 is 0 Å². The number of halogens is 3. The van der Waals surface area contributed by atoms with Crippen molar-refractivity contribution < 1.29 is 35.3 Å². The molecule has 0 aromatic heterocycles. The molecule has 0 aliphatic rings. The number of urea groups is 1. The molecule has 2 amide bonds. The third-order valence-corrected chi connectivity index (χ3v) is 4.33. The molecule has 2 aromatic carbocycles. The summed E-state index contributed by atoms with van der Waals surface area (Å²) in [5, 5.41) is 2.45. The average Bonchev–Trinajstić information content (AvgIpc) is 2.64. The van der Waals surface area contributed by atoms with Crippen LogP contribution in [0.4, 0.5) is 23.7 Å². The molecule has 30 heavy (non-hydrogen) atoms. The molecule has 2 rings (SSSR count). The lowest BCUT2D eigenvalue weighted by molar-refractivity contribution is -0.137. The number of hydrogen-bond donors (Lipinski definition) is 1. The number of benzene rings is 2. The number of anilines is 1. The van der Waals surface area contributed by atoms with E-state index in [4.69, 9.17) is 8.92 Å². The van der Waals surface area contributed by atoms with E-state index in [1.807, 2.05) is 0 Å². The van der Waals surface area contributed by atoms with Crippen LogP contribution in [0.5, 0.6) is 5.75 Å². The fraction of sp³-hybridized carbons (Fsp3) is 0.316. The number of alkyl halides is 3. The number of amides is 2. The first kappa shape index (κ1) is 23.5. The van der Waals surface area contributed by atoms with Crippen molar-refractivity contribution in [1.29, 1.82) is 0 Å². The lowest BCUT2D eigenvalue weighted by Crippen LogP contribution is -2.36. The van der Waals surface area contributed by atoms with Crippen LogP contribution in [0.25, 0.3) is 0 Å². The number of ether oxygens (including phenoxy) is 1. The van der Waals surface area contributed by atoms with Crippen LogP contribution in [0, 0.1) is 0 Å². The third kappa shape index (κ3) is 7.56. The molecule has 0 spiro atoms. The monoisotopic (exact) mass is 446 g/mol. The lowest BCUT2D eigenvalue weighted by Gasteiger charge is -2.23. The zero-order valence-electron chi connectivity index (χ0n) is 16.3. The maximum Gasteiger partial charge on any atom is 0.416 e. The van der Waals surface area contributed by atoms with Crippen LogP contribution in [0.3, 0.4) is 0 Å². The molecular weight excluding hydrogens is 425 g/mol. The molecule has 0 saturated heterocycles. The summed E-state index contributed by atoms with van der Waals surface area (Å²) in [6, 6.07) is 9.77. The average molecular weight is 446 g/mol. The largest absolute Gasteiger partial charge is 0.416 e. The van der Waals surface area contributed by atoms with Gasteiger partial charge in [0.15, 0.2) is 0 Å². The zero-order chi connectivity index (χ0) is 22.4. The summed E-state index contributed by atoms with van der Waals surface area (Å²) in [7, 11) is -2.20. The summed E-state index contributed by atoms with van der Waals surface area (Å²) < 4.78 is 70.7. The fourth-order valence-corrected chi connectivity index (χ4v) is 2.94. The molecule has 7 nitrogen and oxygen atoms in total. The first-order valence-electron chi connectivity index (χ1n) is 8.68. The van der Waals surface area contributed by atoms with Crippen molar-refractivity contribution in [3.8, 4) is 5.75 Å². The Morgan fingerprint density at radius 3 is 2.37 bits per heavy atom. The molecule has 2 aromatic rings. The molecule has 0 radical (unpaired) electrons. The highest BCUT2D eigenvalue weighted by molar-refractivity contribution is 7.86. The number of rotatable bonds is 8. The van der Waals surface area contributed by atoms with Gasteiger partial charge in [0.05, 0.1) is 18.4 Å². The predicted molar refractivity (Wildman–Crippen MR) is 105 cm³/mol. The molecule has 0 heterocycles. The first-order valence-corrected chi connectivity index (χ1v) is 10.5. The van der Waals surface area contributed by atoms with Gasteiger partial charge in [-0.05, 0) is 35.9 Å². The maximum absolute atomic E-state index is 12.9. The molecule has 0 aliphatic heterocycles. The lowest BCUT2D eigenvalue weighted by atomic mass is 10.2. The molecule has 0 atom stereocenters. The van der Waals surface area contributed by atoms with E-state index in [0.29, 0.717) is 5.56 Å². The highest BCUT2D eigenvalue weighted by Crippen LogP contribution is 2.30. The predicted octanol–water partition coefficient (Wildman–Crippen LogP) is 3.72. The number of nitrogens with zero attached hydrogens (tertiary/aromatic N) is 1. The second kappa shape index (κ2) is 9.81. The van der Waals surface area contributed by atoms with E-state index in [2.05, 4.69) is 5.32 Å². The highest BCUT2D eigenvalue weighted by atomic mass is 32.2. The minimum atomic E-state index is -4.52. The molecule has 0 bridgehead atoms. The van der Waals surface area contributed by atoms with Crippen molar-refractivity contribution in [3.05, 3.63) is 59.7 Å². The number of methoxy groups -OCH3 is 1. The van der Waals surface area contributed by atoms with E-state index in [0.717, 1.165) is 18.4 Å². The molecule has 0 fully saturated rings. The summed E-state index contributed by atoms with van der Waals surface area (Å²) in [6.07, 6.45) is -3.60. The minimum Gasteiger partial charge on any atom is -0.383 e. The van der Waals surface area contributed by atoms with Crippen LogP contribution in [0.2, 0.25) is 0 Å². The topological polar surface area (TPSA) is 84.9 Å². The van der Waals surface area contributed by atoms with E-state index < -0.39 is 27.9 Å². The van der Waals surface area contributed by atoms with E-state index >= 15 is 0 Å². The number of carbonyl (C=O) groups is 1. The quantitative estimate of drug-likeness (QED) is 0.625.